The number of carbonyl (C=O) groups excluding carboxylic acids is 1. The molecule has 0 bridgehead atoms. The fourth-order valence-corrected chi connectivity index (χ4v) is 1.96. The van der Waals surface area contributed by atoms with Crippen molar-refractivity contribution in [3.05, 3.63) is 59.3 Å². The second-order valence-electron chi connectivity index (χ2n) is 5.10. The number of pyridine rings is 1. The number of carbonyl (C=O) groups is 1. The van der Waals surface area contributed by atoms with E-state index in [0.717, 1.165) is 12.1 Å². The molecule has 24 heavy (non-hydrogen) atoms. The van der Waals surface area contributed by atoms with Crippen LogP contribution in [0.2, 0.25) is 0 Å². The van der Waals surface area contributed by atoms with Gasteiger partial charge in [-0.05, 0) is 48.9 Å². The summed E-state index contributed by atoms with van der Waals surface area (Å²) in [7, 11) is 1.60. The zero-order valence-electron chi connectivity index (χ0n) is 13.1. The highest BCUT2D eigenvalue weighted by Gasteiger charge is 2.30. The molecule has 0 unspecified atom stereocenters. The average Bonchev–Trinajstić information content (AvgIpc) is 2.55. The highest BCUT2D eigenvalue weighted by atomic mass is 19.4. The number of nitrogens with zero attached hydrogens (tertiary/aromatic N) is 2. The van der Waals surface area contributed by atoms with Gasteiger partial charge in [0.15, 0.2) is 5.78 Å². The van der Waals surface area contributed by atoms with Gasteiger partial charge < -0.3 is 0 Å². The largest absolute Gasteiger partial charge is 0.416 e. The fourth-order valence-electron chi connectivity index (χ4n) is 1.96. The molecule has 0 aliphatic heterocycles. The molecular weight excluding hydrogens is 317 g/mol. The summed E-state index contributed by atoms with van der Waals surface area (Å²) in [5.41, 5.74) is 0.381. The second kappa shape index (κ2) is 7.21. The van der Waals surface area contributed by atoms with Crippen molar-refractivity contribution in [2.45, 2.75) is 13.1 Å². The van der Waals surface area contributed by atoms with Crippen LogP contribution in [0.5, 0.6) is 0 Å². The van der Waals surface area contributed by atoms with Gasteiger partial charge in [-0.1, -0.05) is 12.1 Å². The van der Waals surface area contributed by atoms with Crippen LogP contribution in [0, 0.1) is 0 Å². The predicted molar refractivity (Wildman–Crippen MR) is 89.0 cm³/mol. The number of aliphatic imine (C=N–C) groups is 1. The van der Waals surface area contributed by atoms with Gasteiger partial charge >= 0.3 is 6.18 Å². The normalized spacial score (nSPS) is 13.3. The average molecular weight is 332 g/mol. The number of hydrogen-bond acceptors (Lipinski definition) is 3. The van der Waals surface area contributed by atoms with E-state index in [1.54, 1.807) is 32.2 Å². The van der Waals surface area contributed by atoms with Crippen LogP contribution in [0.15, 0.2) is 53.0 Å². The number of rotatable bonds is 4. The number of ketones is 1. The molecule has 0 radical (unpaired) electrons. The topological polar surface area (TPSA) is 42.3 Å². The van der Waals surface area contributed by atoms with Crippen LogP contribution in [-0.4, -0.2) is 24.0 Å². The Morgan fingerprint density at radius 1 is 1.21 bits per heavy atom. The quantitative estimate of drug-likeness (QED) is 0.612. The van der Waals surface area contributed by atoms with Crippen LogP contribution < -0.4 is 0 Å². The molecule has 1 aromatic heterocycles. The first-order valence-electron chi connectivity index (χ1n) is 7.11. The molecule has 1 heterocycles. The fraction of sp³-hybridized carbons (Fsp3) is 0.167. The zero-order valence-corrected chi connectivity index (χ0v) is 13.1. The predicted octanol–water partition coefficient (Wildman–Crippen LogP) is 4.48. The van der Waals surface area contributed by atoms with Crippen molar-refractivity contribution in [3.63, 3.8) is 0 Å². The maximum Gasteiger partial charge on any atom is 0.416 e. The van der Waals surface area contributed by atoms with Gasteiger partial charge in [0, 0.05) is 18.6 Å². The maximum absolute atomic E-state index is 12.8. The van der Waals surface area contributed by atoms with E-state index in [9.17, 15) is 18.0 Å². The lowest BCUT2D eigenvalue weighted by Gasteiger charge is -2.07. The molecule has 124 valence electrons. The third kappa shape index (κ3) is 4.38. The Balaban J connectivity index is 2.30. The lowest BCUT2D eigenvalue weighted by Crippen LogP contribution is -2.04. The minimum Gasteiger partial charge on any atom is -0.297 e. The van der Waals surface area contributed by atoms with Crippen LogP contribution >= 0.6 is 0 Å². The van der Waals surface area contributed by atoms with Gasteiger partial charge in [-0.25, -0.2) is 4.98 Å². The summed E-state index contributed by atoms with van der Waals surface area (Å²) in [6.07, 6.45) is 1.48. The SMILES string of the molecule is CN=CC=C(C)C(=O)C=Cc1ccc2ccc(C(F)(F)F)cc2n1. The smallest absolute Gasteiger partial charge is 0.297 e. The van der Waals surface area contributed by atoms with Crippen LogP contribution in [0.25, 0.3) is 17.0 Å². The molecule has 2 aromatic rings. The Morgan fingerprint density at radius 3 is 2.58 bits per heavy atom. The third-order valence-electron chi connectivity index (χ3n) is 3.31. The highest BCUT2D eigenvalue weighted by Crippen LogP contribution is 2.31. The van der Waals surface area contributed by atoms with Crippen molar-refractivity contribution in [3.8, 4) is 0 Å². The summed E-state index contributed by atoms with van der Waals surface area (Å²) >= 11 is 0. The van der Waals surface area contributed by atoms with Crippen molar-refractivity contribution in [1.82, 2.24) is 4.98 Å². The molecule has 0 aliphatic rings. The van der Waals surface area contributed by atoms with E-state index in [4.69, 9.17) is 0 Å². The summed E-state index contributed by atoms with van der Waals surface area (Å²) in [6, 6.07) is 6.70. The molecule has 0 spiro atoms. The van der Waals surface area contributed by atoms with Gasteiger partial charge in [0.05, 0.1) is 16.8 Å². The van der Waals surface area contributed by atoms with Gasteiger partial charge in [-0.3, -0.25) is 9.79 Å². The molecule has 0 N–H and O–H groups in total. The summed E-state index contributed by atoms with van der Waals surface area (Å²) in [4.78, 5) is 19.8. The Labute approximate surface area is 137 Å². The number of alkyl halides is 3. The molecule has 0 saturated carbocycles. The summed E-state index contributed by atoms with van der Waals surface area (Å²) in [5, 5.41) is 0.599. The molecule has 0 fully saturated rings. The van der Waals surface area contributed by atoms with Crippen molar-refractivity contribution in [2.24, 2.45) is 4.99 Å². The summed E-state index contributed by atoms with van der Waals surface area (Å²) in [5.74, 6) is -0.221. The molecule has 0 atom stereocenters. The van der Waals surface area contributed by atoms with E-state index in [1.165, 1.54) is 24.4 Å². The first kappa shape index (κ1) is 17.6. The Kier molecular flexibility index (Phi) is 5.28. The minimum absolute atomic E-state index is 0.221. The van der Waals surface area contributed by atoms with Gasteiger partial charge in [-0.15, -0.1) is 0 Å². The van der Waals surface area contributed by atoms with E-state index in [0.29, 0.717) is 16.7 Å². The molecule has 1 aromatic carbocycles. The highest BCUT2D eigenvalue weighted by molar-refractivity contribution is 6.07. The van der Waals surface area contributed by atoms with Gasteiger partial charge in [-0.2, -0.15) is 13.2 Å². The van der Waals surface area contributed by atoms with E-state index in [2.05, 4.69) is 9.98 Å². The number of fused-ring (bicyclic) bond motifs is 1. The third-order valence-corrected chi connectivity index (χ3v) is 3.31. The van der Waals surface area contributed by atoms with Gasteiger partial charge in [0.1, 0.15) is 0 Å². The molecule has 6 heteroatoms. The number of benzene rings is 1. The maximum atomic E-state index is 12.8. The Hall–Kier alpha value is -2.76. The van der Waals surface area contributed by atoms with Crippen molar-refractivity contribution < 1.29 is 18.0 Å². The summed E-state index contributed by atoms with van der Waals surface area (Å²) < 4.78 is 38.3. The number of aromatic nitrogens is 1. The molecular formula is C18H15F3N2O. The van der Waals surface area contributed by atoms with Gasteiger partial charge in [0.2, 0.25) is 0 Å². The van der Waals surface area contributed by atoms with Crippen LogP contribution in [0.4, 0.5) is 13.2 Å². The minimum atomic E-state index is -4.42. The standard InChI is InChI=1S/C18H15F3N2O/c1-12(9-10-22-2)17(24)8-7-15-6-4-13-3-5-14(18(19,20)21)11-16(13)23-15/h3-11H,1-2H3. The van der Waals surface area contributed by atoms with Crippen molar-refractivity contribution in [1.29, 1.82) is 0 Å². The number of halogens is 3. The molecule has 0 aliphatic carbocycles. The summed E-state index contributed by atoms with van der Waals surface area (Å²) in [6.45, 7) is 1.65. The van der Waals surface area contributed by atoms with Crippen molar-refractivity contribution in [2.75, 3.05) is 7.05 Å². The van der Waals surface area contributed by atoms with Crippen molar-refractivity contribution >= 4 is 29.0 Å². The van der Waals surface area contributed by atoms with E-state index in [1.807, 2.05) is 0 Å². The lowest BCUT2D eigenvalue weighted by molar-refractivity contribution is -0.137. The first-order chi connectivity index (χ1) is 11.3. The number of hydrogen-bond donors (Lipinski definition) is 0. The molecule has 3 nitrogen and oxygen atoms in total. The zero-order chi connectivity index (χ0) is 17.7. The van der Waals surface area contributed by atoms with Gasteiger partial charge in [0.25, 0.3) is 0 Å². The van der Waals surface area contributed by atoms with E-state index < -0.39 is 11.7 Å². The Bertz CT molecular complexity index is 849. The van der Waals surface area contributed by atoms with E-state index in [-0.39, 0.29) is 11.3 Å². The van der Waals surface area contributed by atoms with Crippen LogP contribution in [0.3, 0.4) is 0 Å². The lowest BCUT2D eigenvalue weighted by atomic mass is 10.1. The first-order valence-corrected chi connectivity index (χ1v) is 7.11. The molecule has 0 saturated heterocycles. The molecule has 2 rings (SSSR count). The molecule has 0 amide bonds. The monoisotopic (exact) mass is 332 g/mol. The number of allylic oxidation sites excluding steroid dienone is 3. The van der Waals surface area contributed by atoms with E-state index >= 15 is 0 Å². The Morgan fingerprint density at radius 2 is 1.92 bits per heavy atom. The van der Waals surface area contributed by atoms with Crippen LogP contribution in [-0.2, 0) is 11.0 Å². The second-order valence-corrected chi connectivity index (χ2v) is 5.10. The van der Waals surface area contributed by atoms with Crippen LogP contribution in [0.1, 0.15) is 18.2 Å².